The van der Waals surface area contributed by atoms with Crippen molar-refractivity contribution in [3.8, 4) is 0 Å². The summed E-state index contributed by atoms with van der Waals surface area (Å²) in [4.78, 5) is 5.20. The van der Waals surface area contributed by atoms with Crippen LogP contribution in [0, 0.1) is 5.92 Å². The Morgan fingerprint density at radius 3 is 2.33 bits per heavy atom. The Bertz CT molecular complexity index is 151. The number of likely N-dealkylation sites (tertiary alicyclic amines) is 1. The van der Waals surface area contributed by atoms with E-state index in [-0.39, 0.29) is 0 Å². The van der Waals surface area contributed by atoms with Gasteiger partial charge >= 0.3 is 0 Å². The first-order chi connectivity index (χ1) is 7.26. The first-order valence-corrected chi connectivity index (χ1v) is 6.71. The Balaban J connectivity index is 2.12. The lowest BCUT2D eigenvalue weighted by molar-refractivity contribution is 0.163. The number of likely N-dealkylation sites (N-methyl/N-ethyl adjacent to an activating group) is 1. The molecule has 2 heteroatoms. The predicted octanol–water partition coefficient (Wildman–Crippen LogP) is 2.45. The second kappa shape index (κ2) is 7.24. The second-order valence-corrected chi connectivity index (χ2v) is 4.96. The summed E-state index contributed by atoms with van der Waals surface area (Å²) in [6, 6.07) is 0. The van der Waals surface area contributed by atoms with Gasteiger partial charge in [0.1, 0.15) is 0 Å². The van der Waals surface area contributed by atoms with Crippen LogP contribution in [-0.4, -0.2) is 49.1 Å². The van der Waals surface area contributed by atoms with Crippen molar-refractivity contribution in [3.63, 3.8) is 0 Å². The molecule has 1 heterocycles. The molecule has 0 N–H and O–H groups in total. The Morgan fingerprint density at radius 1 is 1.13 bits per heavy atom. The monoisotopic (exact) mass is 212 g/mol. The van der Waals surface area contributed by atoms with Crippen LogP contribution < -0.4 is 0 Å². The van der Waals surface area contributed by atoms with Crippen LogP contribution >= 0.6 is 0 Å². The van der Waals surface area contributed by atoms with E-state index in [1.165, 1.54) is 58.5 Å². The normalized spacial score (nSPS) is 20.0. The van der Waals surface area contributed by atoms with Crippen molar-refractivity contribution in [3.05, 3.63) is 0 Å². The maximum Gasteiger partial charge on any atom is 0.0109 e. The topological polar surface area (TPSA) is 6.48 Å². The van der Waals surface area contributed by atoms with Crippen molar-refractivity contribution < 1.29 is 0 Å². The van der Waals surface area contributed by atoms with Crippen molar-refractivity contribution >= 4 is 0 Å². The van der Waals surface area contributed by atoms with Crippen LogP contribution in [0.4, 0.5) is 0 Å². The third-order valence-electron chi connectivity index (χ3n) is 3.60. The van der Waals surface area contributed by atoms with E-state index in [4.69, 9.17) is 0 Å². The molecule has 0 saturated carbocycles. The van der Waals surface area contributed by atoms with Crippen molar-refractivity contribution in [1.82, 2.24) is 9.80 Å². The van der Waals surface area contributed by atoms with E-state index in [1.54, 1.807) is 0 Å². The second-order valence-electron chi connectivity index (χ2n) is 4.96. The summed E-state index contributed by atoms with van der Waals surface area (Å²) in [5.74, 6) is 0.958. The zero-order valence-electron chi connectivity index (χ0n) is 10.8. The van der Waals surface area contributed by atoms with Crippen LogP contribution in [-0.2, 0) is 0 Å². The van der Waals surface area contributed by atoms with E-state index in [2.05, 4.69) is 30.6 Å². The first-order valence-electron chi connectivity index (χ1n) is 6.71. The van der Waals surface area contributed by atoms with Gasteiger partial charge in [-0.25, -0.2) is 0 Å². The number of hydrogen-bond donors (Lipinski definition) is 0. The van der Waals surface area contributed by atoms with Gasteiger partial charge in [0.2, 0.25) is 0 Å². The number of rotatable bonds is 6. The summed E-state index contributed by atoms with van der Waals surface area (Å²) < 4.78 is 0. The molecule has 0 aromatic carbocycles. The molecule has 0 aromatic rings. The van der Waals surface area contributed by atoms with Gasteiger partial charge in [-0.2, -0.15) is 0 Å². The molecule has 0 spiro atoms. The molecule has 0 unspecified atom stereocenters. The highest BCUT2D eigenvalue weighted by atomic mass is 15.2. The summed E-state index contributed by atoms with van der Waals surface area (Å²) in [5, 5.41) is 0. The minimum absolute atomic E-state index is 0.958. The number of nitrogens with zero attached hydrogens (tertiary/aromatic N) is 2. The van der Waals surface area contributed by atoms with Gasteiger partial charge in [-0.05, 0) is 51.4 Å². The molecule has 1 saturated heterocycles. The zero-order chi connectivity index (χ0) is 11.1. The molecule has 1 rings (SSSR count). The zero-order valence-corrected chi connectivity index (χ0v) is 10.8. The minimum atomic E-state index is 0.958. The van der Waals surface area contributed by atoms with E-state index in [9.17, 15) is 0 Å². The molecule has 15 heavy (non-hydrogen) atoms. The highest BCUT2D eigenvalue weighted by Gasteiger charge is 2.15. The van der Waals surface area contributed by atoms with Crippen LogP contribution in [0.1, 0.15) is 40.0 Å². The molecular formula is C13H28N2. The quantitative estimate of drug-likeness (QED) is 0.667. The SMILES string of the molecule is CCCN(CC)CCN1CCC(C)CC1. The van der Waals surface area contributed by atoms with E-state index < -0.39 is 0 Å². The van der Waals surface area contributed by atoms with Crippen molar-refractivity contribution in [2.75, 3.05) is 39.3 Å². The van der Waals surface area contributed by atoms with Gasteiger partial charge in [-0.15, -0.1) is 0 Å². The summed E-state index contributed by atoms with van der Waals surface area (Å²) in [5.41, 5.74) is 0. The van der Waals surface area contributed by atoms with Crippen LogP contribution in [0.3, 0.4) is 0 Å². The molecule has 1 aliphatic rings. The van der Waals surface area contributed by atoms with Gasteiger partial charge < -0.3 is 9.80 Å². The molecule has 0 aliphatic carbocycles. The molecule has 0 amide bonds. The van der Waals surface area contributed by atoms with Crippen molar-refractivity contribution in [2.45, 2.75) is 40.0 Å². The van der Waals surface area contributed by atoms with Crippen molar-refractivity contribution in [1.29, 1.82) is 0 Å². The lowest BCUT2D eigenvalue weighted by Gasteiger charge is -2.32. The van der Waals surface area contributed by atoms with Gasteiger partial charge in [0.25, 0.3) is 0 Å². The Morgan fingerprint density at radius 2 is 1.80 bits per heavy atom. The maximum atomic E-state index is 2.64. The van der Waals surface area contributed by atoms with Crippen LogP contribution in [0.25, 0.3) is 0 Å². The first kappa shape index (κ1) is 13.0. The Kier molecular flexibility index (Phi) is 6.26. The number of piperidine rings is 1. The molecule has 0 atom stereocenters. The average molecular weight is 212 g/mol. The van der Waals surface area contributed by atoms with Gasteiger partial charge in [0, 0.05) is 13.1 Å². The lowest BCUT2D eigenvalue weighted by Crippen LogP contribution is -2.39. The smallest absolute Gasteiger partial charge is 0.0109 e. The molecule has 1 aliphatic heterocycles. The maximum absolute atomic E-state index is 2.64. The third-order valence-corrected chi connectivity index (χ3v) is 3.60. The fourth-order valence-electron chi connectivity index (χ4n) is 2.31. The van der Waals surface area contributed by atoms with Crippen LogP contribution in [0.5, 0.6) is 0 Å². The van der Waals surface area contributed by atoms with Gasteiger partial charge in [0.05, 0.1) is 0 Å². The average Bonchev–Trinajstić information content (AvgIpc) is 2.26. The molecule has 0 bridgehead atoms. The van der Waals surface area contributed by atoms with Crippen molar-refractivity contribution in [2.24, 2.45) is 5.92 Å². The largest absolute Gasteiger partial charge is 0.302 e. The van der Waals surface area contributed by atoms with E-state index in [0.29, 0.717) is 0 Å². The molecule has 90 valence electrons. The molecule has 0 radical (unpaired) electrons. The fourth-order valence-corrected chi connectivity index (χ4v) is 2.31. The lowest BCUT2D eigenvalue weighted by atomic mass is 9.99. The highest BCUT2D eigenvalue weighted by Crippen LogP contribution is 2.15. The molecule has 1 fully saturated rings. The Hall–Kier alpha value is -0.0800. The minimum Gasteiger partial charge on any atom is -0.302 e. The molecule has 0 aromatic heterocycles. The van der Waals surface area contributed by atoms with Gasteiger partial charge in [-0.1, -0.05) is 20.8 Å². The van der Waals surface area contributed by atoms with Crippen LogP contribution in [0.2, 0.25) is 0 Å². The van der Waals surface area contributed by atoms with Crippen LogP contribution in [0.15, 0.2) is 0 Å². The number of hydrogen-bond acceptors (Lipinski definition) is 2. The summed E-state index contributed by atoms with van der Waals surface area (Å²) in [6.07, 6.45) is 4.09. The fraction of sp³-hybridized carbons (Fsp3) is 1.00. The van der Waals surface area contributed by atoms with Gasteiger partial charge in [0.15, 0.2) is 0 Å². The predicted molar refractivity (Wildman–Crippen MR) is 67.2 cm³/mol. The summed E-state index contributed by atoms with van der Waals surface area (Å²) >= 11 is 0. The van der Waals surface area contributed by atoms with E-state index >= 15 is 0 Å². The van der Waals surface area contributed by atoms with Gasteiger partial charge in [-0.3, -0.25) is 0 Å². The summed E-state index contributed by atoms with van der Waals surface area (Å²) in [6.45, 7) is 14.6. The highest BCUT2D eigenvalue weighted by molar-refractivity contribution is 4.70. The standard InChI is InChI=1S/C13H28N2/c1-4-8-14(5-2)11-12-15-9-6-13(3)7-10-15/h13H,4-12H2,1-3H3. The molecular weight excluding hydrogens is 184 g/mol. The summed E-state index contributed by atoms with van der Waals surface area (Å²) in [7, 11) is 0. The van der Waals surface area contributed by atoms with E-state index in [1.807, 2.05) is 0 Å². The molecule has 2 nitrogen and oxygen atoms in total. The third kappa shape index (κ3) is 4.98. The Labute approximate surface area is 95.6 Å². The van der Waals surface area contributed by atoms with E-state index in [0.717, 1.165) is 5.92 Å².